The summed E-state index contributed by atoms with van der Waals surface area (Å²) in [6.07, 6.45) is -4.55. The van der Waals surface area contributed by atoms with Crippen LogP contribution in [-0.4, -0.2) is 23.9 Å². The highest BCUT2D eigenvalue weighted by Gasteiger charge is 2.41. The number of nitrogens with two attached hydrogens (primary N) is 1. The lowest BCUT2D eigenvalue weighted by Gasteiger charge is -2.21. The monoisotopic (exact) mass is 194 g/mol. The van der Waals surface area contributed by atoms with Crippen LogP contribution >= 0.6 is 0 Å². The van der Waals surface area contributed by atoms with E-state index in [2.05, 4.69) is 5.32 Å². The number of allylic oxidation sites excluding steroid dienone is 1. The second-order valence-electron chi connectivity index (χ2n) is 2.63. The van der Waals surface area contributed by atoms with E-state index in [0.717, 1.165) is 6.08 Å². The average molecular weight is 194 g/mol. The Kier molecular flexibility index (Phi) is 2.51. The molecule has 1 atom stereocenters. The molecule has 0 spiro atoms. The number of hydrogen-bond donors (Lipinski definition) is 3. The Hall–Kier alpha value is -1.17. The van der Waals surface area contributed by atoms with Crippen LogP contribution in [0.1, 0.15) is 0 Å². The Morgan fingerprint density at radius 1 is 1.54 bits per heavy atom. The van der Waals surface area contributed by atoms with Gasteiger partial charge in [-0.05, 0) is 12.2 Å². The minimum Gasteiger partial charge on any atom is -0.399 e. The summed E-state index contributed by atoms with van der Waals surface area (Å²) in [7, 11) is 0. The van der Waals surface area contributed by atoms with Crippen LogP contribution in [0.25, 0.3) is 0 Å². The quantitative estimate of drug-likeness (QED) is 0.560. The molecule has 0 aromatic rings. The largest absolute Gasteiger partial charge is 0.420 e. The van der Waals surface area contributed by atoms with Gasteiger partial charge in [0.05, 0.1) is 5.70 Å². The van der Waals surface area contributed by atoms with Gasteiger partial charge in [-0.25, -0.2) is 0 Å². The van der Waals surface area contributed by atoms with E-state index in [1.54, 1.807) is 0 Å². The molecule has 13 heavy (non-hydrogen) atoms. The molecule has 0 aromatic carbocycles. The molecular weight excluding hydrogens is 185 g/mol. The van der Waals surface area contributed by atoms with Crippen molar-refractivity contribution in [1.82, 2.24) is 5.32 Å². The van der Waals surface area contributed by atoms with E-state index in [4.69, 9.17) is 10.8 Å². The minimum absolute atomic E-state index is 0.199. The van der Waals surface area contributed by atoms with E-state index in [0.29, 0.717) is 0 Å². The maximum Gasteiger partial charge on any atom is 0.420 e. The zero-order valence-electron chi connectivity index (χ0n) is 6.60. The van der Waals surface area contributed by atoms with Gasteiger partial charge in [0.2, 0.25) is 0 Å². The van der Waals surface area contributed by atoms with E-state index in [1.165, 1.54) is 6.08 Å². The third-order valence-corrected chi connectivity index (χ3v) is 1.57. The molecule has 1 rings (SSSR count). The second-order valence-corrected chi connectivity index (χ2v) is 2.63. The van der Waals surface area contributed by atoms with Crippen molar-refractivity contribution in [3.63, 3.8) is 0 Å². The van der Waals surface area contributed by atoms with Crippen LogP contribution in [0, 0.1) is 0 Å². The molecule has 0 bridgehead atoms. The lowest BCUT2D eigenvalue weighted by Crippen LogP contribution is -2.38. The Morgan fingerprint density at radius 3 is 2.62 bits per heavy atom. The fraction of sp³-hybridized carbons (Fsp3) is 0.429. The first-order chi connectivity index (χ1) is 5.91. The minimum atomic E-state index is -4.66. The summed E-state index contributed by atoms with van der Waals surface area (Å²) in [6.45, 7) is 0.199. The van der Waals surface area contributed by atoms with E-state index in [9.17, 15) is 13.2 Å². The molecule has 0 fully saturated rings. The van der Waals surface area contributed by atoms with Crippen molar-refractivity contribution in [3.8, 4) is 0 Å². The van der Waals surface area contributed by atoms with Crippen LogP contribution in [0.3, 0.4) is 0 Å². The Morgan fingerprint density at radius 2 is 2.15 bits per heavy atom. The van der Waals surface area contributed by atoms with Crippen molar-refractivity contribution >= 4 is 0 Å². The molecule has 3 nitrogen and oxygen atoms in total. The molecule has 4 N–H and O–H groups in total. The van der Waals surface area contributed by atoms with E-state index < -0.39 is 12.3 Å². The van der Waals surface area contributed by atoms with Crippen LogP contribution in [0.2, 0.25) is 0 Å². The van der Waals surface area contributed by atoms with Crippen molar-refractivity contribution in [1.29, 1.82) is 0 Å². The molecule has 0 amide bonds. The molecule has 0 radical (unpaired) electrons. The molecule has 1 aliphatic heterocycles. The van der Waals surface area contributed by atoms with Gasteiger partial charge in [-0.1, -0.05) is 0 Å². The van der Waals surface area contributed by atoms with Gasteiger partial charge in [0, 0.05) is 12.2 Å². The van der Waals surface area contributed by atoms with Crippen molar-refractivity contribution in [3.05, 3.63) is 23.5 Å². The van der Waals surface area contributed by atoms with Gasteiger partial charge in [0.15, 0.2) is 6.10 Å². The summed E-state index contributed by atoms with van der Waals surface area (Å²) >= 11 is 0. The lowest BCUT2D eigenvalue weighted by molar-refractivity contribution is -0.192. The summed E-state index contributed by atoms with van der Waals surface area (Å²) in [6, 6.07) is 0. The first-order valence-corrected chi connectivity index (χ1v) is 3.57. The summed E-state index contributed by atoms with van der Waals surface area (Å²) in [5.41, 5.74) is 5.18. The number of hydrogen-bond acceptors (Lipinski definition) is 3. The summed E-state index contributed by atoms with van der Waals surface area (Å²) in [5, 5.41) is 11.2. The highest BCUT2D eigenvalue weighted by molar-refractivity contribution is 5.27. The summed E-state index contributed by atoms with van der Waals surface area (Å²) in [4.78, 5) is 0. The van der Waals surface area contributed by atoms with Gasteiger partial charge in [0.25, 0.3) is 0 Å². The zero-order valence-corrected chi connectivity index (χ0v) is 6.60. The number of rotatable bonds is 1. The van der Waals surface area contributed by atoms with Crippen LogP contribution < -0.4 is 11.1 Å². The van der Waals surface area contributed by atoms with E-state index in [1.807, 2.05) is 0 Å². The van der Waals surface area contributed by atoms with E-state index in [-0.39, 0.29) is 17.9 Å². The Bertz CT molecular complexity index is 257. The van der Waals surface area contributed by atoms with Crippen LogP contribution in [0.15, 0.2) is 23.5 Å². The van der Waals surface area contributed by atoms with Gasteiger partial charge in [-0.2, -0.15) is 13.2 Å². The smallest absolute Gasteiger partial charge is 0.399 e. The van der Waals surface area contributed by atoms with Gasteiger partial charge >= 0.3 is 6.18 Å². The van der Waals surface area contributed by atoms with Crippen molar-refractivity contribution in [2.24, 2.45) is 5.73 Å². The number of nitrogens with one attached hydrogen (secondary N) is 1. The molecule has 0 aliphatic carbocycles. The third-order valence-electron chi connectivity index (χ3n) is 1.57. The molecule has 74 valence electrons. The van der Waals surface area contributed by atoms with Gasteiger partial charge < -0.3 is 16.2 Å². The van der Waals surface area contributed by atoms with Gasteiger partial charge in [0.1, 0.15) is 0 Å². The SMILES string of the molecule is NC1=CCNC(C(O)C(F)(F)F)=C1. The number of dihydropyridines is 1. The number of aliphatic hydroxyl groups excluding tert-OH is 1. The van der Waals surface area contributed by atoms with Gasteiger partial charge in [-0.3, -0.25) is 0 Å². The summed E-state index contributed by atoms with van der Waals surface area (Å²) < 4.78 is 35.9. The third kappa shape index (κ3) is 2.38. The van der Waals surface area contributed by atoms with Crippen molar-refractivity contribution < 1.29 is 18.3 Å². The molecule has 1 unspecified atom stereocenters. The summed E-state index contributed by atoms with van der Waals surface area (Å²) in [5.74, 6) is 0. The number of alkyl halides is 3. The molecule has 1 heterocycles. The second kappa shape index (κ2) is 3.29. The first-order valence-electron chi connectivity index (χ1n) is 3.57. The van der Waals surface area contributed by atoms with Crippen LogP contribution in [-0.2, 0) is 0 Å². The molecule has 1 aliphatic rings. The molecule has 0 aromatic heterocycles. The van der Waals surface area contributed by atoms with Crippen LogP contribution in [0.4, 0.5) is 13.2 Å². The molecule has 6 heteroatoms. The normalized spacial score (nSPS) is 20.0. The first kappa shape index (κ1) is 9.91. The van der Waals surface area contributed by atoms with Crippen LogP contribution in [0.5, 0.6) is 0 Å². The van der Waals surface area contributed by atoms with Crippen molar-refractivity contribution in [2.75, 3.05) is 6.54 Å². The lowest BCUT2D eigenvalue weighted by atomic mass is 10.1. The number of halogens is 3. The molecule has 0 saturated carbocycles. The Balaban J connectivity index is 2.78. The van der Waals surface area contributed by atoms with Crippen molar-refractivity contribution in [2.45, 2.75) is 12.3 Å². The highest BCUT2D eigenvalue weighted by Crippen LogP contribution is 2.25. The fourth-order valence-corrected chi connectivity index (χ4v) is 0.928. The maximum absolute atomic E-state index is 12.0. The van der Waals surface area contributed by atoms with Gasteiger partial charge in [-0.15, -0.1) is 0 Å². The molecule has 0 saturated heterocycles. The fourth-order valence-electron chi connectivity index (χ4n) is 0.928. The zero-order chi connectivity index (χ0) is 10.1. The standard InChI is InChI=1S/C7H9F3N2O/c8-7(9,10)6(13)5-3-4(11)1-2-12-5/h1,3,6,12-13H,2,11H2. The predicted octanol–water partition coefficient (Wildman–Crippen LogP) is 0.239. The Labute approximate surface area is 72.7 Å². The number of aliphatic hydroxyl groups is 1. The average Bonchev–Trinajstić information content (AvgIpc) is 2.01. The van der Waals surface area contributed by atoms with E-state index >= 15 is 0 Å². The topological polar surface area (TPSA) is 58.3 Å². The predicted molar refractivity (Wildman–Crippen MR) is 40.4 cm³/mol. The maximum atomic E-state index is 12.0. The highest BCUT2D eigenvalue weighted by atomic mass is 19.4. The molecular formula is C7H9F3N2O.